The predicted octanol–water partition coefficient (Wildman–Crippen LogP) is 4.59. The summed E-state index contributed by atoms with van der Waals surface area (Å²) in [6.07, 6.45) is 3.74. The Morgan fingerprint density at radius 3 is 2.40 bits per heavy atom. The second kappa shape index (κ2) is 10.3. The lowest BCUT2D eigenvalue weighted by Gasteiger charge is -2.38. The molecule has 12 heteroatoms. The fourth-order valence-corrected chi connectivity index (χ4v) is 5.21. The van der Waals surface area contributed by atoms with Crippen LogP contribution in [0, 0.1) is 29.8 Å². The number of para-hydroxylation sites is 1. The fraction of sp³-hybridized carbons (Fsp3) is 0.321. The van der Waals surface area contributed by atoms with E-state index in [1.165, 1.54) is 17.2 Å². The second-order valence-electron chi connectivity index (χ2n) is 10.4. The van der Waals surface area contributed by atoms with E-state index < -0.39 is 39.9 Å². The van der Waals surface area contributed by atoms with Crippen molar-refractivity contribution in [1.82, 2.24) is 15.3 Å². The third-order valence-electron chi connectivity index (χ3n) is 7.65. The number of fused-ring (bicyclic) bond motifs is 1. The molecule has 2 N–H and O–H groups in total. The van der Waals surface area contributed by atoms with Gasteiger partial charge in [-0.1, -0.05) is 23.7 Å². The third-order valence-corrected chi connectivity index (χ3v) is 8.01. The summed E-state index contributed by atoms with van der Waals surface area (Å²) in [6.45, 7) is 3.97. The molecule has 0 spiro atoms. The van der Waals surface area contributed by atoms with Gasteiger partial charge in [0.05, 0.1) is 16.8 Å². The first-order valence-corrected chi connectivity index (χ1v) is 13.0. The zero-order valence-corrected chi connectivity index (χ0v) is 22.8. The van der Waals surface area contributed by atoms with Crippen molar-refractivity contribution in [1.29, 1.82) is 0 Å². The molecule has 210 valence electrons. The summed E-state index contributed by atoms with van der Waals surface area (Å²) in [4.78, 5) is 32.8. The number of nitrogens with one attached hydrogen (secondary N) is 1. The van der Waals surface area contributed by atoms with Gasteiger partial charge in [-0.3, -0.25) is 9.59 Å². The van der Waals surface area contributed by atoms with E-state index in [4.69, 9.17) is 11.6 Å². The van der Waals surface area contributed by atoms with Crippen LogP contribution in [0.4, 0.5) is 18.9 Å². The standard InChI is InChI=1S/C28H27ClF3N5O3/c1-15-5-4-6-17(30)25(15)35(3)23-14-20(16-11-18(31)24(29)19(32)12-16)33-22-13-21(34-37(22)23)26(38)36-9-7-28(2,8-10-36)27(39)40/h4-6,11-14,21,34H,7-10H2,1-3H3,(H,39,40). The summed E-state index contributed by atoms with van der Waals surface area (Å²) in [5.41, 5.74) is 3.40. The van der Waals surface area contributed by atoms with Gasteiger partial charge in [-0.05, 0) is 56.5 Å². The molecule has 0 aliphatic carbocycles. The summed E-state index contributed by atoms with van der Waals surface area (Å²) in [5.74, 6) is -2.94. The molecular weight excluding hydrogens is 547 g/mol. The van der Waals surface area contributed by atoms with E-state index in [0.717, 1.165) is 12.1 Å². The van der Waals surface area contributed by atoms with Crippen LogP contribution < -0.4 is 10.3 Å². The molecule has 0 radical (unpaired) electrons. The first kappa shape index (κ1) is 27.7. The van der Waals surface area contributed by atoms with E-state index in [2.05, 4.69) is 10.4 Å². The SMILES string of the molecule is Cc1cccc(F)c1N(C)C1=CC(c2cc(F)c(Cl)c(F)c2)=NC2=CC(C(=O)N3CCC(C)(C(=O)O)CC3)NN21. The zero-order valence-electron chi connectivity index (χ0n) is 22.0. The maximum absolute atomic E-state index is 15.0. The van der Waals surface area contributed by atoms with Gasteiger partial charge in [-0.2, -0.15) is 0 Å². The van der Waals surface area contributed by atoms with Gasteiger partial charge < -0.3 is 14.9 Å². The molecule has 1 fully saturated rings. The number of aryl methyl sites for hydroxylation is 1. The summed E-state index contributed by atoms with van der Waals surface area (Å²) in [5, 5.41) is 10.4. The van der Waals surface area contributed by atoms with Crippen molar-refractivity contribution in [2.75, 3.05) is 25.0 Å². The first-order valence-electron chi connectivity index (χ1n) is 12.6. The smallest absolute Gasteiger partial charge is 0.309 e. The lowest BCUT2D eigenvalue weighted by molar-refractivity contribution is -0.153. The molecule has 40 heavy (non-hydrogen) atoms. The molecule has 8 nitrogen and oxygen atoms in total. The van der Waals surface area contributed by atoms with E-state index >= 15 is 0 Å². The number of carboxylic acid groups (broad SMARTS) is 1. The van der Waals surface area contributed by atoms with Gasteiger partial charge in [0, 0.05) is 31.8 Å². The van der Waals surface area contributed by atoms with Gasteiger partial charge in [0.2, 0.25) is 5.91 Å². The van der Waals surface area contributed by atoms with E-state index in [1.807, 2.05) is 0 Å². The number of amides is 1. The van der Waals surface area contributed by atoms with E-state index in [1.54, 1.807) is 48.9 Å². The van der Waals surface area contributed by atoms with Gasteiger partial charge in [0.1, 0.15) is 40.2 Å². The van der Waals surface area contributed by atoms with E-state index in [-0.39, 0.29) is 41.8 Å². The number of benzene rings is 2. The molecule has 1 amide bonds. The average Bonchev–Trinajstić information content (AvgIpc) is 3.35. The van der Waals surface area contributed by atoms with Crippen LogP contribution in [0.1, 0.15) is 30.9 Å². The topological polar surface area (TPSA) is 88.5 Å². The molecule has 3 heterocycles. The Morgan fingerprint density at radius 1 is 1.15 bits per heavy atom. The number of allylic oxidation sites excluding steroid dienone is 1. The highest BCUT2D eigenvalue weighted by atomic mass is 35.5. The largest absolute Gasteiger partial charge is 0.481 e. The normalized spacial score (nSPS) is 20.0. The minimum absolute atomic E-state index is 0.106. The Kier molecular flexibility index (Phi) is 7.13. The number of rotatable bonds is 5. The van der Waals surface area contributed by atoms with Crippen molar-refractivity contribution in [3.05, 3.63) is 87.7 Å². The Bertz CT molecular complexity index is 1460. The molecule has 2 aromatic carbocycles. The highest BCUT2D eigenvalue weighted by molar-refractivity contribution is 6.31. The van der Waals surface area contributed by atoms with Gasteiger partial charge in [0.15, 0.2) is 0 Å². The summed E-state index contributed by atoms with van der Waals surface area (Å²) >= 11 is 5.67. The second-order valence-corrected chi connectivity index (χ2v) is 10.8. The summed E-state index contributed by atoms with van der Waals surface area (Å²) < 4.78 is 43.6. The molecule has 3 aliphatic rings. The number of aliphatic imine (C=N–C) groups is 1. The fourth-order valence-electron chi connectivity index (χ4n) is 5.10. The van der Waals surface area contributed by atoms with E-state index in [9.17, 15) is 27.9 Å². The summed E-state index contributed by atoms with van der Waals surface area (Å²) in [6, 6.07) is 5.92. The van der Waals surface area contributed by atoms with Gasteiger partial charge in [0.25, 0.3) is 0 Å². The molecule has 1 atom stereocenters. The lowest BCUT2D eigenvalue weighted by Crippen LogP contribution is -2.52. The number of hydrogen-bond donors (Lipinski definition) is 2. The Hall–Kier alpha value is -3.83. The number of nitrogens with zero attached hydrogens (tertiary/aromatic N) is 4. The molecule has 5 rings (SSSR count). The lowest BCUT2D eigenvalue weighted by atomic mass is 9.80. The maximum atomic E-state index is 15.0. The highest BCUT2D eigenvalue weighted by Crippen LogP contribution is 2.35. The molecular formula is C28H27ClF3N5O3. The Morgan fingerprint density at radius 2 is 1.80 bits per heavy atom. The van der Waals surface area contributed by atoms with Crippen LogP contribution in [-0.2, 0) is 9.59 Å². The predicted molar refractivity (Wildman–Crippen MR) is 144 cm³/mol. The van der Waals surface area contributed by atoms with Crippen molar-refractivity contribution in [2.24, 2.45) is 10.4 Å². The number of hydrazine groups is 1. The van der Waals surface area contributed by atoms with Crippen molar-refractivity contribution >= 4 is 34.9 Å². The number of halogens is 4. The highest BCUT2D eigenvalue weighted by Gasteiger charge is 2.41. The van der Waals surface area contributed by atoms with Gasteiger partial charge in [-0.25, -0.2) is 28.6 Å². The van der Waals surface area contributed by atoms with E-state index in [0.29, 0.717) is 24.2 Å². The molecule has 1 saturated heterocycles. The van der Waals surface area contributed by atoms with Crippen molar-refractivity contribution in [3.63, 3.8) is 0 Å². The Labute approximate surface area is 234 Å². The quantitative estimate of drug-likeness (QED) is 0.509. The number of carboxylic acids is 1. The maximum Gasteiger partial charge on any atom is 0.309 e. The van der Waals surface area contributed by atoms with Crippen molar-refractivity contribution in [2.45, 2.75) is 32.7 Å². The van der Waals surface area contributed by atoms with Crippen LogP contribution in [0.2, 0.25) is 5.02 Å². The Balaban J connectivity index is 1.51. The van der Waals surface area contributed by atoms with Crippen molar-refractivity contribution in [3.8, 4) is 0 Å². The molecule has 0 aromatic heterocycles. The van der Waals surface area contributed by atoms with Crippen LogP contribution in [0.15, 0.2) is 59.1 Å². The van der Waals surface area contributed by atoms with Crippen LogP contribution in [0.25, 0.3) is 0 Å². The number of carbonyl (C=O) groups excluding carboxylic acids is 1. The average molecular weight is 574 g/mol. The minimum Gasteiger partial charge on any atom is -0.481 e. The summed E-state index contributed by atoms with van der Waals surface area (Å²) in [7, 11) is 1.63. The zero-order chi connectivity index (χ0) is 28.9. The van der Waals surface area contributed by atoms with Gasteiger partial charge in [-0.15, -0.1) is 0 Å². The number of aliphatic carboxylic acids is 1. The number of likely N-dealkylation sites (tertiary alicyclic amines) is 1. The van der Waals surface area contributed by atoms with Crippen molar-refractivity contribution < 1.29 is 27.9 Å². The van der Waals surface area contributed by atoms with Crippen LogP contribution in [0.3, 0.4) is 0 Å². The minimum atomic E-state index is -0.958. The molecule has 3 aliphatic heterocycles. The van der Waals surface area contributed by atoms with Gasteiger partial charge >= 0.3 is 5.97 Å². The molecule has 0 saturated carbocycles. The van der Waals surface area contributed by atoms with Crippen LogP contribution in [0.5, 0.6) is 0 Å². The molecule has 2 aromatic rings. The first-order chi connectivity index (χ1) is 18.9. The number of piperidine rings is 1. The van der Waals surface area contributed by atoms with Crippen LogP contribution in [-0.4, -0.2) is 58.8 Å². The van der Waals surface area contributed by atoms with Crippen LogP contribution >= 0.6 is 11.6 Å². The monoisotopic (exact) mass is 573 g/mol. The number of hydrogen-bond acceptors (Lipinski definition) is 6. The number of carbonyl (C=O) groups is 2. The molecule has 1 unspecified atom stereocenters. The third kappa shape index (κ3) is 4.84. The molecule has 0 bridgehead atoms. The number of anilines is 1.